The predicted molar refractivity (Wildman–Crippen MR) is 128 cm³/mol. The van der Waals surface area contributed by atoms with Crippen molar-refractivity contribution >= 4 is 22.9 Å². The zero-order valence-electron chi connectivity index (χ0n) is 19.1. The van der Waals surface area contributed by atoms with Crippen molar-refractivity contribution in [2.24, 2.45) is 5.92 Å². The number of nitrogens with one attached hydrogen (secondary N) is 1. The number of hydrogen-bond donors (Lipinski definition) is 1. The Morgan fingerprint density at radius 1 is 1.03 bits per heavy atom. The molecule has 1 N–H and O–H groups in total. The Labute approximate surface area is 194 Å². The summed E-state index contributed by atoms with van der Waals surface area (Å²) in [5.74, 6) is 1.29. The molecule has 0 bridgehead atoms. The normalized spacial score (nSPS) is 20.9. The second-order valence-corrected chi connectivity index (χ2v) is 9.57. The number of hydrogen-bond acceptors (Lipinski definition) is 4. The van der Waals surface area contributed by atoms with Crippen molar-refractivity contribution < 1.29 is 14.0 Å². The molecule has 0 radical (unpaired) electrons. The van der Waals surface area contributed by atoms with Crippen LogP contribution >= 0.6 is 0 Å². The fourth-order valence-corrected chi connectivity index (χ4v) is 5.32. The van der Waals surface area contributed by atoms with E-state index in [-0.39, 0.29) is 23.9 Å². The quantitative estimate of drug-likeness (QED) is 0.567. The standard InChI is InChI=1S/C27H31N3O3/c1-30(22-15-14-21(17-22)28-25(31)16-18-6-2-3-7-18)27(32)20-12-10-19(11-13-20)26-29-23-8-4-5-9-24(23)33-26/h4-5,8-13,18,21-22H,2-3,6-7,14-17H2,1H3,(H,28,31)/t21-,22?/m0/s1. The number of rotatable bonds is 6. The molecule has 2 saturated carbocycles. The Hall–Kier alpha value is -3.15. The Morgan fingerprint density at radius 2 is 1.79 bits per heavy atom. The predicted octanol–water partition coefficient (Wildman–Crippen LogP) is 5.18. The molecule has 2 fully saturated rings. The van der Waals surface area contributed by atoms with E-state index in [0.717, 1.165) is 35.9 Å². The number of benzene rings is 2. The summed E-state index contributed by atoms with van der Waals surface area (Å²) in [6.45, 7) is 0. The van der Waals surface area contributed by atoms with Gasteiger partial charge >= 0.3 is 0 Å². The second-order valence-electron chi connectivity index (χ2n) is 9.57. The fourth-order valence-electron chi connectivity index (χ4n) is 5.32. The number of para-hydroxylation sites is 2. The minimum Gasteiger partial charge on any atom is -0.436 e. The third kappa shape index (κ3) is 4.80. The molecule has 172 valence electrons. The van der Waals surface area contributed by atoms with Gasteiger partial charge in [-0.15, -0.1) is 0 Å². The van der Waals surface area contributed by atoms with E-state index in [0.29, 0.717) is 23.8 Å². The number of fused-ring (bicyclic) bond motifs is 1. The molecule has 1 heterocycles. The molecular weight excluding hydrogens is 414 g/mol. The first-order valence-corrected chi connectivity index (χ1v) is 12.1. The van der Waals surface area contributed by atoms with Crippen molar-refractivity contribution in [2.45, 2.75) is 63.5 Å². The van der Waals surface area contributed by atoms with E-state index in [9.17, 15) is 9.59 Å². The molecular formula is C27H31N3O3. The molecule has 0 spiro atoms. The molecule has 5 rings (SSSR count). The Bertz CT molecular complexity index is 1100. The molecule has 0 aliphatic heterocycles. The molecule has 3 aromatic rings. The van der Waals surface area contributed by atoms with Gasteiger partial charge in [-0.05, 0) is 74.4 Å². The summed E-state index contributed by atoms with van der Waals surface area (Å²) in [6, 6.07) is 15.4. The van der Waals surface area contributed by atoms with Crippen LogP contribution in [0.3, 0.4) is 0 Å². The smallest absolute Gasteiger partial charge is 0.253 e. The van der Waals surface area contributed by atoms with Crippen LogP contribution in [0.5, 0.6) is 0 Å². The van der Waals surface area contributed by atoms with E-state index >= 15 is 0 Å². The van der Waals surface area contributed by atoms with Gasteiger partial charge in [-0.3, -0.25) is 9.59 Å². The van der Waals surface area contributed by atoms with E-state index < -0.39 is 0 Å². The number of aromatic nitrogens is 1. The lowest BCUT2D eigenvalue weighted by Crippen LogP contribution is -2.38. The highest BCUT2D eigenvalue weighted by atomic mass is 16.3. The molecule has 2 aliphatic carbocycles. The maximum atomic E-state index is 13.1. The van der Waals surface area contributed by atoms with Gasteiger partial charge in [-0.2, -0.15) is 0 Å². The van der Waals surface area contributed by atoms with Crippen LogP contribution in [0.1, 0.15) is 61.7 Å². The molecule has 1 aromatic heterocycles. The third-order valence-electron chi connectivity index (χ3n) is 7.26. The van der Waals surface area contributed by atoms with E-state index in [1.165, 1.54) is 25.7 Å². The number of amides is 2. The molecule has 1 unspecified atom stereocenters. The molecule has 33 heavy (non-hydrogen) atoms. The van der Waals surface area contributed by atoms with Crippen LogP contribution in [0.4, 0.5) is 0 Å². The van der Waals surface area contributed by atoms with Gasteiger partial charge in [0, 0.05) is 36.7 Å². The summed E-state index contributed by atoms with van der Waals surface area (Å²) in [5, 5.41) is 3.21. The van der Waals surface area contributed by atoms with E-state index in [1.807, 2.05) is 60.5 Å². The summed E-state index contributed by atoms with van der Waals surface area (Å²) in [7, 11) is 1.87. The SMILES string of the molecule is CN(C(=O)c1ccc(-c2nc3ccccc3o2)cc1)C1CC[C@H](NC(=O)CC2CCCC2)C1. The van der Waals surface area contributed by atoms with Gasteiger partial charge < -0.3 is 14.6 Å². The Balaban J connectivity index is 1.17. The molecule has 2 aromatic carbocycles. The average molecular weight is 446 g/mol. The highest BCUT2D eigenvalue weighted by Gasteiger charge is 2.31. The van der Waals surface area contributed by atoms with Crippen LogP contribution in [0.15, 0.2) is 52.9 Å². The van der Waals surface area contributed by atoms with Gasteiger partial charge in [0.15, 0.2) is 5.58 Å². The Kier molecular flexibility index (Phi) is 6.16. The third-order valence-corrected chi connectivity index (χ3v) is 7.26. The average Bonchev–Trinajstić information content (AvgIpc) is 3.59. The second kappa shape index (κ2) is 9.38. The van der Waals surface area contributed by atoms with E-state index in [2.05, 4.69) is 10.3 Å². The van der Waals surface area contributed by atoms with Crippen molar-refractivity contribution in [1.82, 2.24) is 15.2 Å². The highest BCUT2D eigenvalue weighted by Crippen LogP contribution is 2.29. The molecule has 2 amide bonds. The largest absolute Gasteiger partial charge is 0.436 e. The van der Waals surface area contributed by atoms with Crippen molar-refractivity contribution in [3.63, 3.8) is 0 Å². The van der Waals surface area contributed by atoms with Crippen LogP contribution in [0.25, 0.3) is 22.6 Å². The first kappa shape index (κ1) is 21.7. The number of carbonyl (C=O) groups is 2. The van der Waals surface area contributed by atoms with Gasteiger partial charge in [0.25, 0.3) is 5.91 Å². The number of carbonyl (C=O) groups excluding carboxylic acids is 2. The lowest BCUT2D eigenvalue weighted by Gasteiger charge is -2.25. The zero-order chi connectivity index (χ0) is 22.8. The van der Waals surface area contributed by atoms with Crippen LogP contribution in [0.2, 0.25) is 0 Å². The van der Waals surface area contributed by atoms with Crippen molar-refractivity contribution in [1.29, 1.82) is 0 Å². The maximum Gasteiger partial charge on any atom is 0.253 e. The van der Waals surface area contributed by atoms with Gasteiger partial charge in [-0.1, -0.05) is 25.0 Å². The van der Waals surface area contributed by atoms with Crippen LogP contribution in [-0.2, 0) is 4.79 Å². The minimum absolute atomic E-state index is 0.00190. The van der Waals surface area contributed by atoms with Gasteiger partial charge in [0.05, 0.1) is 0 Å². The topological polar surface area (TPSA) is 75.4 Å². The maximum absolute atomic E-state index is 13.1. The molecule has 2 aliphatic rings. The summed E-state index contributed by atoms with van der Waals surface area (Å²) in [6.07, 6.45) is 8.19. The van der Waals surface area contributed by atoms with Crippen LogP contribution in [-0.4, -0.2) is 40.8 Å². The van der Waals surface area contributed by atoms with Crippen molar-refractivity contribution in [3.05, 3.63) is 54.1 Å². The first-order valence-electron chi connectivity index (χ1n) is 12.1. The Morgan fingerprint density at radius 3 is 2.55 bits per heavy atom. The van der Waals surface area contributed by atoms with E-state index in [4.69, 9.17) is 4.42 Å². The van der Waals surface area contributed by atoms with Gasteiger partial charge in [-0.25, -0.2) is 4.98 Å². The summed E-state index contributed by atoms with van der Waals surface area (Å²) in [4.78, 5) is 31.8. The highest BCUT2D eigenvalue weighted by molar-refractivity contribution is 5.94. The molecule has 2 atom stereocenters. The zero-order valence-corrected chi connectivity index (χ0v) is 19.1. The van der Waals surface area contributed by atoms with Gasteiger partial charge in [0.2, 0.25) is 11.8 Å². The van der Waals surface area contributed by atoms with Crippen molar-refractivity contribution in [3.8, 4) is 11.5 Å². The van der Waals surface area contributed by atoms with E-state index in [1.54, 1.807) is 0 Å². The van der Waals surface area contributed by atoms with Crippen LogP contribution in [0, 0.1) is 5.92 Å². The lowest BCUT2D eigenvalue weighted by atomic mass is 10.0. The first-order chi connectivity index (χ1) is 16.1. The van der Waals surface area contributed by atoms with Gasteiger partial charge in [0.1, 0.15) is 5.52 Å². The molecule has 6 nitrogen and oxygen atoms in total. The van der Waals surface area contributed by atoms with Crippen LogP contribution < -0.4 is 5.32 Å². The van der Waals surface area contributed by atoms with Crippen molar-refractivity contribution in [2.75, 3.05) is 7.05 Å². The molecule has 6 heteroatoms. The summed E-state index contributed by atoms with van der Waals surface area (Å²) in [5.41, 5.74) is 3.06. The monoisotopic (exact) mass is 445 g/mol. The summed E-state index contributed by atoms with van der Waals surface area (Å²) >= 11 is 0. The number of nitrogens with zero attached hydrogens (tertiary/aromatic N) is 2. The molecule has 0 saturated heterocycles. The fraction of sp³-hybridized carbons (Fsp3) is 0.444. The summed E-state index contributed by atoms with van der Waals surface area (Å²) < 4.78 is 5.83. The minimum atomic E-state index is 0.00190. The lowest BCUT2D eigenvalue weighted by molar-refractivity contribution is -0.122. The number of oxazole rings is 1.